The van der Waals surface area contributed by atoms with Gasteiger partial charge in [0.15, 0.2) is 5.82 Å². The van der Waals surface area contributed by atoms with E-state index in [1.54, 1.807) is 0 Å². The fourth-order valence-corrected chi connectivity index (χ4v) is 8.86. The van der Waals surface area contributed by atoms with Gasteiger partial charge >= 0.3 is 0 Å². The minimum absolute atomic E-state index is 0.760. The predicted molar refractivity (Wildman–Crippen MR) is 202 cm³/mol. The summed E-state index contributed by atoms with van der Waals surface area (Å²) in [6, 6.07) is 52.8. The van der Waals surface area contributed by atoms with Gasteiger partial charge in [-0.2, -0.15) is 0 Å². The van der Waals surface area contributed by atoms with Crippen LogP contribution in [0.3, 0.4) is 0 Å². The summed E-state index contributed by atoms with van der Waals surface area (Å²) in [5.41, 5.74) is 11.6. The lowest BCUT2D eigenvalue weighted by molar-refractivity contribution is 1.18. The first-order chi connectivity index (χ1) is 23.8. The molecular formula is C44H25N3S. The van der Waals surface area contributed by atoms with Gasteiger partial charge in [0, 0.05) is 59.5 Å². The second-order valence-corrected chi connectivity index (χ2v) is 13.7. The lowest BCUT2D eigenvalue weighted by Crippen LogP contribution is -1.92. The van der Waals surface area contributed by atoms with Gasteiger partial charge in [0.25, 0.3) is 0 Å². The van der Waals surface area contributed by atoms with Crippen LogP contribution in [0.1, 0.15) is 0 Å². The molecule has 3 heterocycles. The summed E-state index contributed by atoms with van der Waals surface area (Å²) in [5.74, 6) is 0.760. The second-order valence-electron chi connectivity index (χ2n) is 12.6. The summed E-state index contributed by atoms with van der Waals surface area (Å²) in [7, 11) is 0. The quantitative estimate of drug-likeness (QED) is 0.195. The predicted octanol–water partition coefficient (Wildman–Crippen LogP) is 12.1. The van der Waals surface area contributed by atoms with Gasteiger partial charge in [-0.15, -0.1) is 11.3 Å². The molecule has 48 heavy (non-hydrogen) atoms. The summed E-state index contributed by atoms with van der Waals surface area (Å²) in [6.07, 6.45) is 2.01. The molecule has 0 amide bonds. The molecule has 7 aromatic carbocycles. The maximum Gasteiger partial charge on any atom is 0.159 e. The van der Waals surface area contributed by atoms with Crippen LogP contribution in [0.2, 0.25) is 0 Å². The average Bonchev–Trinajstić information content (AvgIpc) is 3.80. The van der Waals surface area contributed by atoms with Crippen molar-refractivity contribution < 1.29 is 0 Å². The van der Waals surface area contributed by atoms with Crippen LogP contribution < -0.4 is 0 Å². The molecule has 0 unspecified atom stereocenters. The van der Waals surface area contributed by atoms with Crippen LogP contribution in [0.15, 0.2) is 152 Å². The maximum atomic E-state index is 5.17. The summed E-state index contributed by atoms with van der Waals surface area (Å²) < 4.78 is 4.92. The molecule has 0 saturated heterocycles. The smallest absolute Gasteiger partial charge is 0.159 e. The van der Waals surface area contributed by atoms with E-state index in [1.165, 1.54) is 80.7 Å². The highest BCUT2D eigenvalue weighted by molar-refractivity contribution is 7.25. The van der Waals surface area contributed by atoms with Crippen molar-refractivity contribution in [2.75, 3.05) is 0 Å². The molecule has 3 nitrogen and oxygen atoms in total. The van der Waals surface area contributed by atoms with Crippen LogP contribution in [0.4, 0.5) is 0 Å². The van der Waals surface area contributed by atoms with Crippen molar-refractivity contribution in [3.8, 4) is 50.6 Å². The van der Waals surface area contributed by atoms with Gasteiger partial charge in [0.1, 0.15) is 0 Å². The largest absolute Gasteiger partial charge is 0.309 e. The molecule has 0 spiro atoms. The molecule has 0 bridgehead atoms. The highest BCUT2D eigenvalue weighted by atomic mass is 32.1. The van der Waals surface area contributed by atoms with E-state index < -0.39 is 0 Å². The molecule has 1 aliphatic rings. The Morgan fingerprint density at radius 2 is 1.15 bits per heavy atom. The Bertz CT molecular complexity index is 2950. The molecule has 0 radical (unpaired) electrons. The number of rotatable bonds is 3. The fourth-order valence-electron chi connectivity index (χ4n) is 7.79. The van der Waals surface area contributed by atoms with Gasteiger partial charge in [0.05, 0.1) is 16.7 Å². The van der Waals surface area contributed by atoms with Gasteiger partial charge in [-0.1, -0.05) is 84.9 Å². The van der Waals surface area contributed by atoms with Gasteiger partial charge in [-0.25, -0.2) is 9.97 Å². The second kappa shape index (κ2) is 9.71. The van der Waals surface area contributed by atoms with Crippen molar-refractivity contribution in [2.24, 2.45) is 0 Å². The first kappa shape index (κ1) is 26.0. The van der Waals surface area contributed by atoms with Crippen LogP contribution in [0.5, 0.6) is 0 Å². The van der Waals surface area contributed by atoms with Crippen LogP contribution in [-0.4, -0.2) is 14.5 Å². The van der Waals surface area contributed by atoms with E-state index in [9.17, 15) is 0 Å². The molecule has 0 aliphatic heterocycles. The summed E-state index contributed by atoms with van der Waals surface area (Å²) >= 11 is 1.84. The Hall–Kier alpha value is -6.10. The Labute approximate surface area is 280 Å². The highest BCUT2D eigenvalue weighted by Gasteiger charge is 2.24. The van der Waals surface area contributed by atoms with Crippen LogP contribution >= 0.6 is 11.3 Å². The minimum atomic E-state index is 0.760. The van der Waals surface area contributed by atoms with Crippen LogP contribution in [0.25, 0.3) is 103 Å². The maximum absolute atomic E-state index is 5.17. The van der Waals surface area contributed by atoms with Crippen molar-refractivity contribution in [2.45, 2.75) is 0 Å². The standard InChI is InChI=1S/C44H25N3S/c1-2-10-30(11-3-1)47-38-15-5-4-12-31(38)34-22-27(16-19-39(34)47)28-17-20-40-35(23-28)36-24-29(18-21-41(36)48-40)44-45-25-37-32-13-6-8-26-9-7-14-33(42(26)32)43(37)46-44/h1-25H. The first-order valence-corrected chi connectivity index (χ1v) is 17.1. The zero-order valence-corrected chi connectivity index (χ0v) is 26.5. The monoisotopic (exact) mass is 627 g/mol. The molecule has 3 aromatic heterocycles. The third kappa shape index (κ3) is 3.63. The number of para-hydroxylation sites is 2. The number of fused-ring (bicyclic) bond motifs is 9. The summed E-state index contributed by atoms with van der Waals surface area (Å²) in [5, 5.41) is 7.54. The van der Waals surface area contributed by atoms with E-state index >= 15 is 0 Å². The highest BCUT2D eigenvalue weighted by Crippen LogP contribution is 2.46. The first-order valence-electron chi connectivity index (χ1n) is 16.2. The topological polar surface area (TPSA) is 30.7 Å². The van der Waals surface area contributed by atoms with Crippen molar-refractivity contribution >= 4 is 64.1 Å². The lowest BCUT2D eigenvalue weighted by Gasteiger charge is -2.08. The Morgan fingerprint density at radius 3 is 1.98 bits per heavy atom. The number of benzene rings is 7. The lowest BCUT2D eigenvalue weighted by atomic mass is 10.00. The van der Waals surface area contributed by atoms with Crippen molar-refractivity contribution in [3.63, 3.8) is 0 Å². The molecular weight excluding hydrogens is 603 g/mol. The SMILES string of the molecule is c1ccc(-n2c3ccccc3c3cc(-c4ccc5sc6ccc(-c7ncc8c(n7)-c7cccc9cccc-8c79)cc6c5c4)ccc32)cc1. The molecule has 4 heteroatoms. The zero-order chi connectivity index (χ0) is 31.3. The van der Waals surface area contributed by atoms with E-state index in [0.717, 1.165) is 22.6 Å². The van der Waals surface area contributed by atoms with Gasteiger partial charge in [0.2, 0.25) is 0 Å². The molecule has 0 saturated carbocycles. The normalized spacial score (nSPS) is 12.2. The number of hydrogen-bond donors (Lipinski definition) is 0. The Kier molecular flexibility index (Phi) is 5.26. The molecule has 1 aliphatic carbocycles. The summed E-state index contributed by atoms with van der Waals surface area (Å²) in [6.45, 7) is 0. The van der Waals surface area contributed by atoms with E-state index in [2.05, 4.69) is 150 Å². The Morgan fingerprint density at radius 1 is 0.479 bits per heavy atom. The van der Waals surface area contributed by atoms with Crippen molar-refractivity contribution in [3.05, 3.63) is 152 Å². The van der Waals surface area contributed by atoms with E-state index in [0.29, 0.717) is 0 Å². The summed E-state index contributed by atoms with van der Waals surface area (Å²) in [4.78, 5) is 10.1. The van der Waals surface area contributed by atoms with Gasteiger partial charge < -0.3 is 4.57 Å². The van der Waals surface area contributed by atoms with Crippen LogP contribution in [0, 0.1) is 0 Å². The third-order valence-corrected chi connectivity index (χ3v) is 11.1. The number of nitrogens with zero attached hydrogens (tertiary/aromatic N) is 3. The molecule has 10 aromatic rings. The third-order valence-electron chi connectivity index (χ3n) is 9.99. The Balaban J connectivity index is 1.04. The number of aromatic nitrogens is 3. The molecule has 0 N–H and O–H groups in total. The number of thiophene rings is 1. The van der Waals surface area contributed by atoms with E-state index in [-0.39, 0.29) is 0 Å². The molecule has 0 fully saturated rings. The van der Waals surface area contributed by atoms with Crippen molar-refractivity contribution in [1.82, 2.24) is 14.5 Å². The minimum Gasteiger partial charge on any atom is -0.309 e. The molecule has 222 valence electrons. The van der Waals surface area contributed by atoms with Gasteiger partial charge in [-0.05, 0) is 88.1 Å². The fraction of sp³-hybridized carbons (Fsp3) is 0. The van der Waals surface area contributed by atoms with E-state index in [4.69, 9.17) is 9.97 Å². The van der Waals surface area contributed by atoms with E-state index in [1.807, 2.05) is 17.5 Å². The average molecular weight is 628 g/mol. The zero-order valence-electron chi connectivity index (χ0n) is 25.7. The van der Waals surface area contributed by atoms with Gasteiger partial charge in [-0.3, -0.25) is 0 Å². The van der Waals surface area contributed by atoms with Crippen molar-refractivity contribution in [1.29, 1.82) is 0 Å². The number of hydrogen-bond acceptors (Lipinski definition) is 3. The van der Waals surface area contributed by atoms with Crippen LogP contribution in [-0.2, 0) is 0 Å². The molecule has 11 rings (SSSR count). The molecule has 0 atom stereocenters.